The highest BCUT2D eigenvalue weighted by Crippen LogP contribution is 2.29. The average molecular weight is 564 g/mol. The predicted molar refractivity (Wildman–Crippen MR) is 153 cm³/mol. The van der Waals surface area contributed by atoms with Crippen LogP contribution in [0.4, 0.5) is 0 Å². The van der Waals surface area contributed by atoms with E-state index >= 15 is 0 Å². The van der Waals surface area contributed by atoms with E-state index in [1.165, 1.54) is 12.2 Å². The standard InChI is InChI=1S/C29H49N5O6/c1-19(2)24(33-25(37)20(3)32-28(40)29(4,5)6)27(39)31-16-9-15-30-26(38)22-13-11-21(12-14-22)18-34(7)23(36)10-8-17-35/h8,10,17,19-22,24H,9,11-16,18H2,1-7H3,(H,30,38)(H,31,39)(H,32,40)(H,33,37)/b10-8-/t20?,21?,22?,24-/m1/s1. The summed E-state index contributed by atoms with van der Waals surface area (Å²) in [5.74, 6) is -1.10. The van der Waals surface area contributed by atoms with Gasteiger partial charge in [-0.1, -0.05) is 34.6 Å². The van der Waals surface area contributed by atoms with Crippen molar-refractivity contribution in [1.82, 2.24) is 26.2 Å². The Morgan fingerprint density at radius 3 is 2.05 bits per heavy atom. The summed E-state index contributed by atoms with van der Waals surface area (Å²) in [4.78, 5) is 74.0. The van der Waals surface area contributed by atoms with Crippen LogP contribution in [0.5, 0.6) is 0 Å². The maximum absolute atomic E-state index is 12.7. The van der Waals surface area contributed by atoms with Crippen LogP contribution in [0.25, 0.3) is 0 Å². The Bertz CT molecular complexity index is 918. The Balaban J connectivity index is 2.36. The SMILES string of the molecule is CC(NC(=O)C(C)(C)C)C(=O)N[C@@H](C(=O)NCCCNC(=O)C1CCC(CN(C)C(=O)/C=C\C=O)CC1)C(C)C. The lowest BCUT2D eigenvalue weighted by Crippen LogP contribution is -2.55. The minimum Gasteiger partial charge on any atom is -0.356 e. The van der Waals surface area contributed by atoms with Crippen molar-refractivity contribution in [2.75, 3.05) is 26.7 Å². The smallest absolute Gasteiger partial charge is 0.246 e. The number of carbonyl (C=O) groups excluding carboxylic acids is 6. The third kappa shape index (κ3) is 12.3. The van der Waals surface area contributed by atoms with Gasteiger partial charge in [0.15, 0.2) is 0 Å². The van der Waals surface area contributed by atoms with E-state index in [2.05, 4.69) is 21.3 Å². The maximum Gasteiger partial charge on any atom is 0.246 e. The Kier molecular flexibility index (Phi) is 14.6. The van der Waals surface area contributed by atoms with Crippen LogP contribution < -0.4 is 21.3 Å². The second kappa shape index (κ2) is 16.8. The quantitative estimate of drug-likeness (QED) is 0.142. The summed E-state index contributed by atoms with van der Waals surface area (Å²) in [6.07, 6.45) is 6.77. The van der Waals surface area contributed by atoms with Gasteiger partial charge in [-0.05, 0) is 56.9 Å². The molecule has 2 atom stereocenters. The van der Waals surface area contributed by atoms with Crippen LogP contribution in [0.3, 0.4) is 0 Å². The van der Waals surface area contributed by atoms with Gasteiger partial charge in [-0.3, -0.25) is 28.8 Å². The van der Waals surface area contributed by atoms with Crippen LogP contribution in [0, 0.1) is 23.2 Å². The maximum atomic E-state index is 12.7. The highest BCUT2D eigenvalue weighted by atomic mass is 16.2. The first-order valence-electron chi connectivity index (χ1n) is 14.2. The summed E-state index contributed by atoms with van der Waals surface area (Å²) in [7, 11) is 1.71. The summed E-state index contributed by atoms with van der Waals surface area (Å²) in [5, 5.41) is 11.2. The van der Waals surface area contributed by atoms with Gasteiger partial charge in [0.2, 0.25) is 29.5 Å². The number of hydrogen-bond acceptors (Lipinski definition) is 6. The average Bonchev–Trinajstić information content (AvgIpc) is 2.89. The minimum absolute atomic E-state index is 0.00161. The Morgan fingerprint density at radius 1 is 0.900 bits per heavy atom. The van der Waals surface area contributed by atoms with E-state index in [-0.39, 0.29) is 35.5 Å². The number of nitrogens with one attached hydrogen (secondary N) is 4. The van der Waals surface area contributed by atoms with Crippen molar-refractivity contribution in [2.45, 2.75) is 85.7 Å². The fraction of sp³-hybridized carbons (Fsp3) is 0.724. The van der Waals surface area contributed by atoms with Crippen molar-refractivity contribution in [3.05, 3.63) is 12.2 Å². The molecule has 1 saturated carbocycles. The van der Waals surface area contributed by atoms with Gasteiger partial charge in [-0.2, -0.15) is 0 Å². The molecule has 1 unspecified atom stereocenters. The number of carbonyl (C=O) groups is 6. The van der Waals surface area contributed by atoms with E-state index in [0.717, 1.165) is 25.7 Å². The van der Waals surface area contributed by atoms with Crippen LogP contribution in [-0.2, 0) is 28.8 Å². The van der Waals surface area contributed by atoms with Crippen LogP contribution in [-0.4, -0.2) is 79.5 Å². The molecule has 0 aromatic heterocycles. The lowest BCUT2D eigenvalue weighted by molar-refractivity contribution is -0.134. The van der Waals surface area contributed by atoms with E-state index in [0.29, 0.717) is 38.3 Å². The summed E-state index contributed by atoms with van der Waals surface area (Å²) in [5.41, 5.74) is -0.631. The van der Waals surface area contributed by atoms with Crippen LogP contribution in [0.2, 0.25) is 0 Å². The third-order valence-corrected chi connectivity index (χ3v) is 7.06. The number of nitrogens with zero attached hydrogens (tertiary/aromatic N) is 1. The van der Waals surface area contributed by atoms with Gasteiger partial charge in [0, 0.05) is 44.1 Å². The summed E-state index contributed by atoms with van der Waals surface area (Å²) in [6.45, 7) is 11.9. The normalized spacial score (nSPS) is 18.9. The fourth-order valence-corrected chi connectivity index (χ4v) is 4.39. The molecule has 11 nitrogen and oxygen atoms in total. The number of hydrogen-bond donors (Lipinski definition) is 4. The second-order valence-corrected chi connectivity index (χ2v) is 12.0. The molecule has 0 radical (unpaired) electrons. The highest BCUT2D eigenvalue weighted by Gasteiger charge is 2.30. The number of amides is 5. The van der Waals surface area contributed by atoms with Crippen molar-refractivity contribution in [1.29, 1.82) is 0 Å². The number of aldehydes is 1. The van der Waals surface area contributed by atoms with Gasteiger partial charge in [0.1, 0.15) is 18.4 Å². The predicted octanol–water partition coefficient (Wildman–Crippen LogP) is 1.32. The van der Waals surface area contributed by atoms with Crippen molar-refractivity contribution >= 4 is 35.8 Å². The highest BCUT2D eigenvalue weighted by molar-refractivity contribution is 5.93. The van der Waals surface area contributed by atoms with Crippen LogP contribution in [0.15, 0.2) is 12.2 Å². The van der Waals surface area contributed by atoms with E-state index in [4.69, 9.17) is 0 Å². The van der Waals surface area contributed by atoms with E-state index in [1.807, 2.05) is 13.8 Å². The fourth-order valence-electron chi connectivity index (χ4n) is 4.39. The number of rotatable bonds is 14. The molecule has 11 heteroatoms. The number of likely N-dealkylation sites (N-methyl/N-ethyl adjacent to an activating group) is 1. The van der Waals surface area contributed by atoms with Gasteiger partial charge in [-0.15, -0.1) is 0 Å². The first kappa shape index (κ1) is 34.8. The molecule has 0 bridgehead atoms. The zero-order valence-corrected chi connectivity index (χ0v) is 25.2. The van der Waals surface area contributed by atoms with Crippen LogP contribution in [0.1, 0.15) is 73.6 Å². The van der Waals surface area contributed by atoms with E-state index in [1.54, 1.807) is 39.6 Å². The van der Waals surface area contributed by atoms with Gasteiger partial charge < -0.3 is 26.2 Å². The molecule has 0 spiro atoms. The third-order valence-electron chi connectivity index (χ3n) is 7.06. The van der Waals surface area contributed by atoms with Crippen molar-refractivity contribution < 1.29 is 28.8 Å². The van der Waals surface area contributed by atoms with Crippen LogP contribution >= 0.6 is 0 Å². The second-order valence-electron chi connectivity index (χ2n) is 12.0. The summed E-state index contributed by atoms with van der Waals surface area (Å²) in [6, 6.07) is -1.53. The van der Waals surface area contributed by atoms with Gasteiger partial charge in [-0.25, -0.2) is 0 Å². The molecule has 0 aromatic rings. The molecular formula is C29H49N5O6. The molecule has 0 heterocycles. The molecule has 0 saturated heterocycles. The Morgan fingerprint density at radius 2 is 1.50 bits per heavy atom. The zero-order valence-electron chi connectivity index (χ0n) is 25.2. The molecule has 1 aliphatic carbocycles. The topological polar surface area (TPSA) is 154 Å². The van der Waals surface area contributed by atoms with Gasteiger partial charge in [0.05, 0.1) is 0 Å². The lowest BCUT2D eigenvalue weighted by Gasteiger charge is -2.30. The largest absolute Gasteiger partial charge is 0.356 e. The van der Waals surface area contributed by atoms with Gasteiger partial charge in [0.25, 0.3) is 0 Å². The summed E-state index contributed by atoms with van der Waals surface area (Å²) >= 11 is 0. The van der Waals surface area contributed by atoms with E-state index < -0.39 is 23.4 Å². The Labute approximate surface area is 238 Å². The van der Waals surface area contributed by atoms with Crippen molar-refractivity contribution in [2.24, 2.45) is 23.2 Å². The molecule has 1 aliphatic rings. The Hall–Kier alpha value is -3.24. The first-order chi connectivity index (χ1) is 18.7. The molecule has 40 heavy (non-hydrogen) atoms. The van der Waals surface area contributed by atoms with Gasteiger partial charge >= 0.3 is 0 Å². The lowest BCUT2D eigenvalue weighted by atomic mass is 9.81. The molecule has 226 valence electrons. The molecule has 5 amide bonds. The minimum atomic E-state index is -0.778. The molecule has 0 aliphatic heterocycles. The zero-order chi connectivity index (χ0) is 30.5. The molecule has 0 aromatic carbocycles. The van der Waals surface area contributed by atoms with Crippen molar-refractivity contribution in [3.8, 4) is 0 Å². The monoisotopic (exact) mass is 563 g/mol. The van der Waals surface area contributed by atoms with E-state index in [9.17, 15) is 28.8 Å². The van der Waals surface area contributed by atoms with Crippen molar-refractivity contribution in [3.63, 3.8) is 0 Å². The molecule has 4 N–H and O–H groups in total. The molecular weight excluding hydrogens is 514 g/mol. The number of allylic oxidation sites excluding steroid dienone is 1. The first-order valence-corrected chi connectivity index (χ1v) is 14.2. The molecule has 1 rings (SSSR count). The summed E-state index contributed by atoms with van der Waals surface area (Å²) < 4.78 is 0. The molecule has 1 fully saturated rings.